The molecule has 2 aromatic carbocycles. The molecular formula is C21H3F8N5. The zero-order valence-corrected chi connectivity index (χ0v) is 16.0. The molecule has 13 heteroatoms. The first-order valence-electron chi connectivity index (χ1n) is 8.36. The molecule has 0 spiro atoms. The molecule has 0 amide bonds. The van der Waals surface area contributed by atoms with Crippen molar-refractivity contribution in [3.63, 3.8) is 0 Å². The maximum absolute atomic E-state index is 14.9. The molecular weight excluding hydrogens is 474 g/mol. The second kappa shape index (κ2) is 8.90. The molecule has 0 fully saturated rings. The lowest BCUT2D eigenvalue weighted by atomic mass is 9.92. The van der Waals surface area contributed by atoms with Crippen LogP contribution < -0.4 is 10.4 Å². The van der Waals surface area contributed by atoms with Crippen LogP contribution in [0, 0.1) is 68.3 Å². The van der Waals surface area contributed by atoms with Gasteiger partial charge in [-0.25, -0.2) is 8.78 Å². The minimum absolute atomic E-state index is 0.0408. The minimum atomic E-state index is -5.52. The molecule has 0 saturated heterocycles. The second-order valence-electron chi connectivity index (χ2n) is 6.23. The summed E-state index contributed by atoms with van der Waals surface area (Å²) >= 11 is 0. The number of nitriles is 5. The summed E-state index contributed by atoms with van der Waals surface area (Å²) in [5.74, 6) is -4.01. The summed E-state index contributed by atoms with van der Waals surface area (Å²) in [6.45, 7) is 0. The lowest BCUT2D eigenvalue weighted by Crippen LogP contribution is -2.27. The van der Waals surface area contributed by atoms with Gasteiger partial charge in [0.05, 0.1) is 33.9 Å². The van der Waals surface area contributed by atoms with Crippen LogP contribution in [0.3, 0.4) is 0 Å². The van der Waals surface area contributed by atoms with Crippen molar-refractivity contribution in [2.75, 3.05) is 0 Å². The van der Waals surface area contributed by atoms with Gasteiger partial charge in [0.2, 0.25) is 0 Å². The number of hydrogen-bond acceptors (Lipinski definition) is 5. The third-order valence-corrected chi connectivity index (χ3v) is 4.33. The minimum Gasteiger partial charge on any atom is -0.203 e. The van der Waals surface area contributed by atoms with Crippen LogP contribution in [0.15, 0.2) is 18.2 Å². The Labute approximate surface area is 184 Å². The van der Waals surface area contributed by atoms with E-state index in [9.17, 15) is 45.6 Å². The van der Waals surface area contributed by atoms with Gasteiger partial charge in [-0.3, -0.25) is 0 Å². The molecule has 5 nitrogen and oxygen atoms in total. The van der Waals surface area contributed by atoms with Gasteiger partial charge in [0.15, 0.2) is 11.6 Å². The Morgan fingerprint density at radius 1 is 0.676 bits per heavy atom. The zero-order chi connectivity index (χ0) is 26.0. The highest BCUT2D eigenvalue weighted by Crippen LogP contribution is 2.40. The first-order valence-corrected chi connectivity index (χ1v) is 8.36. The number of rotatable bonds is 1. The number of nitrogens with zero attached hydrogens (tertiary/aromatic N) is 5. The van der Waals surface area contributed by atoms with Crippen LogP contribution in [-0.2, 0) is 12.4 Å². The molecule has 0 aliphatic heterocycles. The van der Waals surface area contributed by atoms with Gasteiger partial charge in [-0.1, -0.05) is 0 Å². The van der Waals surface area contributed by atoms with Gasteiger partial charge in [-0.15, -0.1) is 0 Å². The number of hydrogen-bond donors (Lipinski definition) is 0. The van der Waals surface area contributed by atoms with Crippen molar-refractivity contribution in [1.82, 2.24) is 0 Å². The van der Waals surface area contributed by atoms with Crippen LogP contribution in [0.1, 0.15) is 27.8 Å². The van der Waals surface area contributed by atoms with Crippen LogP contribution in [0.2, 0.25) is 0 Å². The molecule has 2 rings (SSSR count). The molecule has 34 heavy (non-hydrogen) atoms. The summed E-state index contributed by atoms with van der Waals surface area (Å²) in [4.78, 5) is 0. The van der Waals surface area contributed by atoms with Gasteiger partial charge in [0, 0.05) is 10.4 Å². The van der Waals surface area contributed by atoms with Crippen molar-refractivity contribution in [1.29, 1.82) is 26.3 Å². The summed E-state index contributed by atoms with van der Waals surface area (Å²) in [5.41, 5.74) is -10.5. The van der Waals surface area contributed by atoms with Gasteiger partial charge < -0.3 is 0 Å². The van der Waals surface area contributed by atoms with E-state index in [1.54, 1.807) is 0 Å². The Hall–Kier alpha value is -4.93. The highest BCUT2D eigenvalue weighted by Gasteiger charge is 2.42. The lowest BCUT2D eigenvalue weighted by Gasteiger charge is -2.17. The Morgan fingerprint density at radius 2 is 1.18 bits per heavy atom. The van der Waals surface area contributed by atoms with Gasteiger partial charge in [-0.2, -0.15) is 52.7 Å². The van der Waals surface area contributed by atoms with Crippen molar-refractivity contribution in [2.24, 2.45) is 0 Å². The molecule has 0 aromatic heterocycles. The molecule has 0 radical (unpaired) electrons. The largest absolute Gasteiger partial charge is 0.417 e. The quantitative estimate of drug-likeness (QED) is 0.581. The highest BCUT2D eigenvalue weighted by molar-refractivity contribution is 5.80. The van der Waals surface area contributed by atoms with E-state index in [2.05, 4.69) is 0 Å². The maximum Gasteiger partial charge on any atom is 0.417 e. The third-order valence-electron chi connectivity index (χ3n) is 4.33. The predicted octanol–water partition coefficient (Wildman–Crippen LogP) is 3.67. The molecule has 0 unspecified atom stereocenters. The van der Waals surface area contributed by atoms with Gasteiger partial charge in [0.25, 0.3) is 0 Å². The number of halogens is 8. The molecule has 2 aromatic rings. The van der Waals surface area contributed by atoms with Crippen molar-refractivity contribution in [3.8, 4) is 30.3 Å². The highest BCUT2D eigenvalue weighted by atomic mass is 19.4. The fourth-order valence-corrected chi connectivity index (χ4v) is 2.90. The average Bonchev–Trinajstić information content (AvgIpc) is 2.77. The molecule has 168 valence electrons. The fourth-order valence-electron chi connectivity index (χ4n) is 2.90. The number of benzene rings is 2. The summed E-state index contributed by atoms with van der Waals surface area (Å²) in [7, 11) is 0. The molecule has 0 saturated carbocycles. The Balaban J connectivity index is 3.28. The summed E-state index contributed by atoms with van der Waals surface area (Å²) in [6.07, 6.45) is -11.0. The fraction of sp³-hybridized carbons (Fsp3) is 0.0952. The summed E-state index contributed by atoms with van der Waals surface area (Å²) in [5, 5.41) is 43.0. The molecule has 0 bridgehead atoms. The SMILES string of the molecule is N#CC(C#N)=c1cc(C#N)/c(=C(\C#N)c2cc(C(F)(F)F)c(C#N)c(C(F)(F)F)c2)c(F)c1F. The van der Waals surface area contributed by atoms with Crippen LogP contribution in [0.4, 0.5) is 35.1 Å². The van der Waals surface area contributed by atoms with Crippen molar-refractivity contribution >= 4 is 11.1 Å². The summed E-state index contributed by atoms with van der Waals surface area (Å²) in [6, 6.07) is 6.07. The smallest absolute Gasteiger partial charge is 0.203 e. The standard InChI is InChI=1S/C21H3F8N5/c22-18-12(11(5-31)6-32)1-10(4-30)17(19(18)23)13(7-33)9-2-15(20(24,25)26)14(8-34)16(3-9)21(27,28)29/h1-3H/b17-13-. The maximum atomic E-state index is 14.9. The van der Waals surface area contributed by atoms with Crippen molar-refractivity contribution < 1.29 is 35.1 Å². The third kappa shape index (κ3) is 4.35. The van der Waals surface area contributed by atoms with E-state index in [0.29, 0.717) is 6.07 Å². The van der Waals surface area contributed by atoms with Crippen LogP contribution >= 0.6 is 0 Å². The van der Waals surface area contributed by atoms with E-state index >= 15 is 0 Å². The van der Waals surface area contributed by atoms with E-state index in [-0.39, 0.29) is 12.1 Å². The zero-order valence-electron chi connectivity index (χ0n) is 16.0. The van der Waals surface area contributed by atoms with Crippen LogP contribution in [-0.4, -0.2) is 0 Å². The van der Waals surface area contributed by atoms with Crippen LogP contribution in [0.25, 0.3) is 11.1 Å². The molecule has 0 heterocycles. The molecule has 0 aliphatic rings. The topological polar surface area (TPSA) is 119 Å². The van der Waals surface area contributed by atoms with E-state index < -0.39 is 73.4 Å². The van der Waals surface area contributed by atoms with Crippen LogP contribution in [0.5, 0.6) is 0 Å². The first-order chi connectivity index (χ1) is 15.8. The normalized spacial score (nSPS) is 11.9. The van der Waals surface area contributed by atoms with E-state index in [1.165, 1.54) is 18.2 Å². The Bertz CT molecular complexity index is 1500. The van der Waals surface area contributed by atoms with E-state index in [0.717, 1.165) is 12.1 Å². The second-order valence-corrected chi connectivity index (χ2v) is 6.23. The van der Waals surface area contributed by atoms with E-state index in [4.69, 9.17) is 15.8 Å². The van der Waals surface area contributed by atoms with E-state index in [1.807, 2.05) is 0 Å². The van der Waals surface area contributed by atoms with Gasteiger partial charge >= 0.3 is 12.4 Å². The Kier molecular flexibility index (Phi) is 6.63. The lowest BCUT2D eigenvalue weighted by molar-refractivity contribution is -0.143. The van der Waals surface area contributed by atoms with Crippen molar-refractivity contribution in [3.05, 3.63) is 68.1 Å². The summed E-state index contributed by atoms with van der Waals surface area (Å²) < 4.78 is 110. The Morgan fingerprint density at radius 3 is 1.53 bits per heavy atom. The first kappa shape index (κ1) is 25.3. The average molecular weight is 477 g/mol. The number of alkyl halides is 6. The predicted molar refractivity (Wildman–Crippen MR) is 94.2 cm³/mol. The van der Waals surface area contributed by atoms with Gasteiger partial charge in [0.1, 0.15) is 29.8 Å². The molecule has 0 aliphatic carbocycles. The van der Waals surface area contributed by atoms with Gasteiger partial charge in [-0.05, 0) is 23.8 Å². The molecule has 0 atom stereocenters. The van der Waals surface area contributed by atoms with Crippen molar-refractivity contribution in [2.45, 2.75) is 12.4 Å². The molecule has 0 N–H and O–H groups in total. The monoisotopic (exact) mass is 477 g/mol.